The Kier molecular flexibility index (Phi) is 6.06. The highest BCUT2D eigenvalue weighted by atomic mass is 16.6. The lowest BCUT2D eigenvalue weighted by Gasteiger charge is -2.23. The molecule has 0 bridgehead atoms. The lowest BCUT2D eigenvalue weighted by Crippen LogP contribution is -2.46. The molecule has 0 saturated carbocycles. The minimum absolute atomic E-state index is 0.198. The lowest BCUT2D eigenvalue weighted by atomic mass is 10.1. The van der Waals surface area contributed by atoms with E-state index in [9.17, 15) is 14.4 Å². The van der Waals surface area contributed by atoms with E-state index in [2.05, 4.69) is 10.5 Å². The number of nitrogens with one attached hydrogen (secondary N) is 1. The maximum Gasteiger partial charge on any atom is 0.243 e. The van der Waals surface area contributed by atoms with Crippen LogP contribution in [0.4, 0.5) is 0 Å². The second-order valence-corrected chi connectivity index (χ2v) is 5.66. The van der Waals surface area contributed by atoms with Crippen molar-refractivity contribution in [2.75, 3.05) is 13.7 Å². The Morgan fingerprint density at radius 3 is 2.62 bits per heavy atom. The fourth-order valence-electron chi connectivity index (χ4n) is 2.61. The number of Topliss-reactive ketones (excluding diaryl/α,β-unsaturated/α-hetero) is 1. The molecule has 0 unspecified atom stereocenters. The van der Waals surface area contributed by atoms with E-state index in [1.807, 2.05) is 30.3 Å². The van der Waals surface area contributed by atoms with Crippen molar-refractivity contribution in [2.24, 2.45) is 5.16 Å². The number of hydrogen-bond acceptors (Lipinski definition) is 5. The molecule has 1 aliphatic rings. The summed E-state index contributed by atoms with van der Waals surface area (Å²) in [5.41, 5.74) is 1.57. The normalized spacial score (nSPS) is 18.5. The van der Waals surface area contributed by atoms with Gasteiger partial charge >= 0.3 is 0 Å². The van der Waals surface area contributed by atoms with Gasteiger partial charge in [-0.1, -0.05) is 35.5 Å². The number of benzene rings is 1. The van der Waals surface area contributed by atoms with Crippen LogP contribution in [0, 0.1) is 0 Å². The average Bonchev–Trinajstić information content (AvgIpc) is 2.97. The van der Waals surface area contributed by atoms with Gasteiger partial charge in [-0.2, -0.15) is 0 Å². The highest BCUT2D eigenvalue weighted by molar-refractivity contribution is 6.04. The second kappa shape index (κ2) is 8.24. The van der Waals surface area contributed by atoms with Gasteiger partial charge in [0.25, 0.3) is 0 Å². The third kappa shape index (κ3) is 4.65. The Morgan fingerprint density at radius 1 is 1.29 bits per heavy atom. The molecule has 24 heavy (non-hydrogen) atoms. The summed E-state index contributed by atoms with van der Waals surface area (Å²) in [7, 11) is 1.41. The van der Waals surface area contributed by atoms with Crippen LogP contribution in [0.1, 0.15) is 25.3 Å². The summed E-state index contributed by atoms with van der Waals surface area (Å²) in [5, 5.41) is 6.67. The lowest BCUT2D eigenvalue weighted by molar-refractivity contribution is -0.140. The Hall–Kier alpha value is -2.70. The van der Waals surface area contributed by atoms with Crippen molar-refractivity contribution in [1.29, 1.82) is 0 Å². The summed E-state index contributed by atoms with van der Waals surface area (Å²) in [6.45, 7) is 1.92. The van der Waals surface area contributed by atoms with Crippen molar-refractivity contribution in [3.05, 3.63) is 35.9 Å². The molecule has 1 atom stereocenters. The first kappa shape index (κ1) is 17.7. The quantitative estimate of drug-likeness (QED) is 0.619. The van der Waals surface area contributed by atoms with E-state index in [1.54, 1.807) is 0 Å². The van der Waals surface area contributed by atoms with E-state index in [0.717, 1.165) is 5.56 Å². The van der Waals surface area contributed by atoms with Crippen LogP contribution in [0.3, 0.4) is 0 Å². The zero-order chi connectivity index (χ0) is 17.5. The molecule has 1 N–H and O–H groups in total. The first-order chi connectivity index (χ1) is 11.5. The van der Waals surface area contributed by atoms with Crippen molar-refractivity contribution in [3.8, 4) is 0 Å². The number of nitrogens with zero attached hydrogens (tertiary/aromatic N) is 2. The molecule has 1 aromatic rings. The van der Waals surface area contributed by atoms with E-state index in [4.69, 9.17) is 4.84 Å². The van der Waals surface area contributed by atoms with E-state index in [1.165, 1.54) is 18.9 Å². The SMILES string of the molecule is CO/N=C1\C[C@@H](C(=O)NCc2ccccc2)N(C(=O)CC(C)=O)C1. The Labute approximate surface area is 140 Å². The van der Waals surface area contributed by atoms with Crippen molar-refractivity contribution in [1.82, 2.24) is 10.2 Å². The van der Waals surface area contributed by atoms with Gasteiger partial charge in [-0.3, -0.25) is 14.4 Å². The Bertz CT molecular complexity index is 642. The molecule has 7 nitrogen and oxygen atoms in total. The molecule has 1 aromatic carbocycles. The minimum atomic E-state index is -0.672. The predicted molar refractivity (Wildman–Crippen MR) is 88.1 cm³/mol. The van der Waals surface area contributed by atoms with Gasteiger partial charge in [0, 0.05) is 13.0 Å². The molecular formula is C17H21N3O4. The predicted octanol–water partition coefficient (Wildman–Crippen LogP) is 0.885. The van der Waals surface area contributed by atoms with E-state index in [-0.39, 0.29) is 30.6 Å². The zero-order valence-corrected chi connectivity index (χ0v) is 13.8. The highest BCUT2D eigenvalue weighted by Crippen LogP contribution is 2.18. The number of ketones is 1. The molecule has 128 valence electrons. The molecule has 0 spiro atoms. The van der Waals surface area contributed by atoms with Crippen molar-refractivity contribution in [2.45, 2.75) is 32.4 Å². The number of oxime groups is 1. The molecule has 0 aromatic heterocycles. The molecule has 2 amide bonds. The first-order valence-corrected chi connectivity index (χ1v) is 7.70. The van der Waals surface area contributed by atoms with E-state index < -0.39 is 6.04 Å². The minimum Gasteiger partial charge on any atom is -0.399 e. The summed E-state index contributed by atoms with van der Waals surface area (Å²) >= 11 is 0. The third-order valence-corrected chi connectivity index (χ3v) is 3.71. The van der Waals surface area contributed by atoms with E-state index in [0.29, 0.717) is 18.7 Å². The van der Waals surface area contributed by atoms with Crippen LogP contribution in [0.5, 0.6) is 0 Å². The molecule has 1 saturated heterocycles. The fourth-order valence-corrected chi connectivity index (χ4v) is 2.61. The molecule has 0 aliphatic carbocycles. The Balaban J connectivity index is 2.05. The Morgan fingerprint density at radius 2 is 2.00 bits per heavy atom. The molecule has 1 fully saturated rings. The highest BCUT2D eigenvalue weighted by Gasteiger charge is 2.38. The number of amides is 2. The van der Waals surface area contributed by atoms with Crippen molar-refractivity contribution >= 4 is 23.3 Å². The zero-order valence-electron chi connectivity index (χ0n) is 13.8. The van der Waals surface area contributed by atoms with Crippen LogP contribution in [0.25, 0.3) is 0 Å². The molecule has 0 radical (unpaired) electrons. The standard InChI is InChI=1S/C17H21N3O4/c1-12(21)8-16(22)20-11-14(19-24-2)9-15(20)17(23)18-10-13-6-4-3-5-7-13/h3-7,15H,8-11H2,1-2H3,(H,18,23)/b19-14+/t15-/m0/s1. The summed E-state index contributed by atoms with van der Waals surface area (Å²) in [5.74, 6) is -0.874. The third-order valence-electron chi connectivity index (χ3n) is 3.71. The van der Waals surface area contributed by atoms with Crippen LogP contribution >= 0.6 is 0 Å². The van der Waals surface area contributed by atoms with Crippen LogP contribution in [0.2, 0.25) is 0 Å². The number of rotatable bonds is 6. The van der Waals surface area contributed by atoms with Gasteiger partial charge in [0.1, 0.15) is 18.9 Å². The largest absolute Gasteiger partial charge is 0.399 e. The van der Waals surface area contributed by atoms with Gasteiger partial charge in [-0.25, -0.2) is 0 Å². The van der Waals surface area contributed by atoms with Gasteiger partial charge in [-0.15, -0.1) is 0 Å². The second-order valence-electron chi connectivity index (χ2n) is 5.66. The maximum absolute atomic E-state index is 12.5. The smallest absolute Gasteiger partial charge is 0.243 e. The summed E-state index contributed by atoms with van der Waals surface area (Å²) in [6, 6.07) is 8.83. The van der Waals surface area contributed by atoms with Crippen LogP contribution < -0.4 is 5.32 Å². The summed E-state index contributed by atoms with van der Waals surface area (Å²) in [4.78, 5) is 42.0. The van der Waals surface area contributed by atoms with Gasteiger partial charge in [0.15, 0.2) is 0 Å². The van der Waals surface area contributed by atoms with Gasteiger partial charge in [-0.05, 0) is 12.5 Å². The molecule has 2 rings (SSSR count). The van der Waals surface area contributed by atoms with Crippen molar-refractivity contribution < 1.29 is 19.2 Å². The van der Waals surface area contributed by atoms with Crippen LogP contribution in [-0.4, -0.2) is 47.9 Å². The molecule has 1 heterocycles. The van der Waals surface area contributed by atoms with E-state index >= 15 is 0 Å². The van der Waals surface area contributed by atoms with Crippen LogP contribution in [0.15, 0.2) is 35.5 Å². The summed E-state index contributed by atoms with van der Waals surface area (Å²) < 4.78 is 0. The van der Waals surface area contributed by atoms with Crippen molar-refractivity contribution in [3.63, 3.8) is 0 Å². The summed E-state index contributed by atoms with van der Waals surface area (Å²) in [6.07, 6.45) is 0.0842. The fraction of sp³-hybridized carbons (Fsp3) is 0.412. The number of likely N-dealkylation sites (tertiary alicyclic amines) is 1. The van der Waals surface area contributed by atoms with Gasteiger partial charge < -0.3 is 15.1 Å². The number of carbonyl (C=O) groups excluding carboxylic acids is 3. The van der Waals surface area contributed by atoms with Gasteiger partial charge in [0.2, 0.25) is 11.8 Å². The number of hydrogen-bond donors (Lipinski definition) is 1. The maximum atomic E-state index is 12.5. The first-order valence-electron chi connectivity index (χ1n) is 7.70. The topological polar surface area (TPSA) is 88.1 Å². The number of carbonyl (C=O) groups is 3. The monoisotopic (exact) mass is 331 g/mol. The van der Waals surface area contributed by atoms with Gasteiger partial charge in [0.05, 0.1) is 18.7 Å². The average molecular weight is 331 g/mol. The molecule has 1 aliphatic heterocycles. The molecular weight excluding hydrogens is 310 g/mol. The molecule has 7 heteroatoms. The van der Waals surface area contributed by atoms with Crippen LogP contribution in [-0.2, 0) is 25.8 Å².